The van der Waals surface area contributed by atoms with Gasteiger partial charge in [-0.15, -0.1) is 11.8 Å². The highest BCUT2D eigenvalue weighted by atomic mass is 32.2. The first kappa shape index (κ1) is 18.6. The first-order valence-corrected chi connectivity index (χ1v) is 10.4. The number of nitrogens with zero attached hydrogens (tertiary/aromatic N) is 3. The van der Waals surface area contributed by atoms with Crippen molar-refractivity contribution in [3.05, 3.63) is 54.4 Å². The van der Waals surface area contributed by atoms with Gasteiger partial charge < -0.3 is 14.2 Å². The van der Waals surface area contributed by atoms with Gasteiger partial charge in [0, 0.05) is 23.4 Å². The largest absolute Gasteiger partial charge is 0.492 e. The molecule has 0 N–H and O–H groups in total. The van der Waals surface area contributed by atoms with Gasteiger partial charge in [-0.3, -0.25) is 4.79 Å². The topological polar surface area (TPSA) is 68.5 Å². The van der Waals surface area contributed by atoms with Crippen molar-refractivity contribution < 1.29 is 14.1 Å². The third kappa shape index (κ3) is 3.62. The molecule has 2 aromatic carbocycles. The number of amides is 1. The summed E-state index contributed by atoms with van der Waals surface area (Å²) in [4.78, 5) is 20.1. The summed E-state index contributed by atoms with van der Waals surface area (Å²) in [5.41, 5.74) is 1.68. The van der Waals surface area contributed by atoms with Gasteiger partial charge in [0.05, 0.1) is 18.2 Å². The molecule has 28 heavy (non-hydrogen) atoms. The maximum absolute atomic E-state index is 12.6. The van der Waals surface area contributed by atoms with Crippen LogP contribution in [-0.4, -0.2) is 35.5 Å². The van der Waals surface area contributed by atoms with Crippen LogP contribution in [0.15, 0.2) is 57.9 Å². The van der Waals surface area contributed by atoms with Gasteiger partial charge in [-0.1, -0.05) is 17.3 Å². The molecule has 0 bridgehead atoms. The molecule has 0 spiro atoms. The SMILES string of the molecule is CCOc1ccccc1N1CC(c2nc(-c3ccc(SC)cc3)no2)CC1=O. The van der Waals surface area contributed by atoms with Crippen LogP contribution >= 0.6 is 11.8 Å². The van der Waals surface area contributed by atoms with Crippen LogP contribution in [0, 0.1) is 0 Å². The van der Waals surface area contributed by atoms with Crippen molar-refractivity contribution in [2.24, 2.45) is 0 Å². The highest BCUT2D eigenvalue weighted by Crippen LogP contribution is 2.36. The molecule has 144 valence electrons. The Morgan fingerprint density at radius 1 is 1.21 bits per heavy atom. The van der Waals surface area contributed by atoms with Crippen molar-refractivity contribution in [2.75, 3.05) is 24.3 Å². The molecule has 1 atom stereocenters. The molecule has 1 aliphatic rings. The lowest BCUT2D eigenvalue weighted by atomic mass is 10.1. The Kier molecular flexibility index (Phi) is 5.34. The zero-order valence-electron chi connectivity index (χ0n) is 15.8. The first-order chi connectivity index (χ1) is 13.7. The minimum atomic E-state index is -0.131. The first-order valence-electron chi connectivity index (χ1n) is 9.19. The van der Waals surface area contributed by atoms with E-state index in [1.54, 1.807) is 16.7 Å². The molecule has 1 saturated heterocycles. The van der Waals surface area contributed by atoms with Gasteiger partial charge >= 0.3 is 0 Å². The van der Waals surface area contributed by atoms with Crippen molar-refractivity contribution in [1.29, 1.82) is 0 Å². The Morgan fingerprint density at radius 2 is 2.00 bits per heavy atom. The number of benzene rings is 2. The zero-order chi connectivity index (χ0) is 19.5. The van der Waals surface area contributed by atoms with Crippen molar-refractivity contribution in [3.8, 4) is 17.1 Å². The van der Waals surface area contributed by atoms with E-state index in [1.807, 2.05) is 61.7 Å². The third-order valence-corrected chi connectivity index (χ3v) is 5.46. The van der Waals surface area contributed by atoms with Gasteiger partial charge in [0.2, 0.25) is 17.6 Å². The molecule has 1 aromatic heterocycles. The van der Waals surface area contributed by atoms with Crippen molar-refractivity contribution in [2.45, 2.75) is 24.2 Å². The standard InChI is InChI=1S/C21H21N3O3S/c1-3-26-18-7-5-4-6-17(18)24-13-15(12-19(24)25)21-22-20(23-27-21)14-8-10-16(28-2)11-9-14/h4-11,15H,3,12-13H2,1-2H3. The van der Waals surface area contributed by atoms with E-state index >= 15 is 0 Å². The monoisotopic (exact) mass is 395 g/mol. The van der Waals surface area contributed by atoms with Crippen LogP contribution in [-0.2, 0) is 4.79 Å². The van der Waals surface area contributed by atoms with Gasteiger partial charge in [-0.05, 0) is 49.6 Å². The van der Waals surface area contributed by atoms with E-state index in [4.69, 9.17) is 9.26 Å². The van der Waals surface area contributed by atoms with Gasteiger partial charge in [0.15, 0.2) is 0 Å². The second kappa shape index (κ2) is 8.06. The summed E-state index contributed by atoms with van der Waals surface area (Å²) in [6.07, 6.45) is 2.38. The lowest BCUT2D eigenvalue weighted by molar-refractivity contribution is -0.117. The second-order valence-corrected chi connectivity index (χ2v) is 7.37. The summed E-state index contributed by atoms with van der Waals surface area (Å²) in [7, 11) is 0. The molecule has 4 rings (SSSR count). The van der Waals surface area contributed by atoms with Gasteiger partial charge in [-0.25, -0.2) is 0 Å². The van der Waals surface area contributed by atoms with Crippen molar-refractivity contribution in [1.82, 2.24) is 10.1 Å². The summed E-state index contributed by atoms with van der Waals surface area (Å²) in [6, 6.07) is 15.6. The minimum Gasteiger partial charge on any atom is -0.492 e. The Labute approximate surface area is 167 Å². The van der Waals surface area contributed by atoms with Crippen LogP contribution in [0.2, 0.25) is 0 Å². The number of thioether (sulfide) groups is 1. The fourth-order valence-corrected chi connectivity index (χ4v) is 3.73. The number of anilines is 1. The minimum absolute atomic E-state index is 0.0289. The van der Waals surface area contributed by atoms with Gasteiger partial charge in [-0.2, -0.15) is 4.98 Å². The van der Waals surface area contributed by atoms with Crippen molar-refractivity contribution in [3.63, 3.8) is 0 Å². The van der Waals surface area contributed by atoms with E-state index in [0.717, 1.165) is 11.3 Å². The Bertz CT molecular complexity index is 971. The van der Waals surface area contributed by atoms with E-state index in [-0.39, 0.29) is 11.8 Å². The predicted molar refractivity (Wildman–Crippen MR) is 109 cm³/mol. The lowest BCUT2D eigenvalue weighted by Crippen LogP contribution is -2.25. The van der Waals surface area contributed by atoms with Gasteiger partial charge in [0.25, 0.3) is 0 Å². The molecule has 1 amide bonds. The summed E-state index contributed by atoms with van der Waals surface area (Å²) < 4.78 is 11.2. The Hall–Kier alpha value is -2.80. The highest BCUT2D eigenvalue weighted by molar-refractivity contribution is 7.98. The molecule has 0 aliphatic carbocycles. The van der Waals surface area contributed by atoms with Crippen molar-refractivity contribution >= 4 is 23.4 Å². The van der Waals surface area contributed by atoms with Crippen LogP contribution in [0.3, 0.4) is 0 Å². The lowest BCUT2D eigenvalue weighted by Gasteiger charge is -2.19. The number of para-hydroxylation sites is 2. The highest BCUT2D eigenvalue weighted by Gasteiger charge is 2.36. The molecule has 6 nitrogen and oxygen atoms in total. The van der Waals surface area contributed by atoms with Crippen LogP contribution in [0.5, 0.6) is 5.75 Å². The summed E-state index contributed by atoms with van der Waals surface area (Å²) in [6.45, 7) is 2.97. The predicted octanol–water partition coefficient (Wildman–Crippen LogP) is 4.38. The number of hydrogen-bond donors (Lipinski definition) is 0. The maximum Gasteiger partial charge on any atom is 0.232 e. The van der Waals surface area contributed by atoms with Crippen LogP contribution in [0.4, 0.5) is 5.69 Å². The van der Waals surface area contributed by atoms with Crippen LogP contribution in [0.1, 0.15) is 25.2 Å². The molecular weight excluding hydrogens is 374 g/mol. The molecule has 0 saturated carbocycles. The average molecular weight is 395 g/mol. The molecule has 7 heteroatoms. The average Bonchev–Trinajstić information content (AvgIpc) is 3.36. The zero-order valence-corrected chi connectivity index (χ0v) is 16.6. The molecule has 0 radical (unpaired) electrons. The molecule has 1 fully saturated rings. The molecule has 3 aromatic rings. The number of carbonyl (C=O) groups is 1. The summed E-state index contributed by atoms with van der Waals surface area (Å²) >= 11 is 1.68. The van der Waals surface area contributed by atoms with E-state index in [1.165, 1.54) is 4.90 Å². The fraction of sp³-hybridized carbons (Fsp3) is 0.286. The third-order valence-electron chi connectivity index (χ3n) is 4.72. The normalized spacial score (nSPS) is 16.6. The maximum atomic E-state index is 12.6. The molecule has 1 aliphatic heterocycles. The van der Waals surface area contributed by atoms with E-state index < -0.39 is 0 Å². The van der Waals surface area contributed by atoms with E-state index in [9.17, 15) is 4.79 Å². The second-order valence-electron chi connectivity index (χ2n) is 6.49. The van der Waals surface area contributed by atoms with Gasteiger partial charge in [0.1, 0.15) is 5.75 Å². The van der Waals surface area contributed by atoms with Crippen LogP contribution in [0.25, 0.3) is 11.4 Å². The fourth-order valence-electron chi connectivity index (χ4n) is 3.32. The smallest absolute Gasteiger partial charge is 0.232 e. The summed E-state index contributed by atoms with van der Waals surface area (Å²) in [5, 5.41) is 4.11. The number of aromatic nitrogens is 2. The molecule has 2 heterocycles. The number of carbonyl (C=O) groups excluding carboxylic acids is 1. The van der Waals surface area contributed by atoms with E-state index in [0.29, 0.717) is 37.0 Å². The van der Waals surface area contributed by atoms with E-state index in [2.05, 4.69) is 10.1 Å². The Morgan fingerprint density at radius 3 is 2.75 bits per heavy atom. The quantitative estimate of drug-likeness (QED) is 0.577. The number of ether oxygens (including phenoxy) is 1. The number of hydrogen-bond acceptors (Lipinski definition) is 6. The summed E-state index contributed by atoms with van der Waals surface area (Å²) in [5.74, 6) is 1.64. The molecule has 1 unspecified atom stereocenters. The van der Waals surface area contributed by atoms with Crippen LogP contribution < -0.4 is 9.64 Å². The number of rotatable bonds is 6. The Balaban J connectivity index is 1.54. The molecular formula is C21H21N3O3S.